The molecule has 4 rings (SSSR count). The molecule has 3 aromatic heterocycles. The van der Waals surface area contributed by atoms with Gasteiger partial charge in [-0.15, -0.1) is 0 Å². The number of hydrogen-bond acceptors (Lipinski definition) is 4. The van der Waals surface area contributed by atoms with E-state index in [9.17, 15) is 0 Å². The summed E-state index contributed by atoms with van der Waals surface area (Å²) in [6, 6.07) is 7.22. The normalized spacial score (nSPS) is 11.1. The topological polar surface area (TPSA) is 52.3 Å². The van der Waals surface area contributed by atoms with Crippen LogP contribution >= 0.6 is 0 Å². The lowest BCUT2D eigenvalue weighted by molar-refractivity contribution is 0.428. The molecule has 0 saturated carbocycles. The zero-order chi connectivity index (χ0) is 18.3. The van der Waals surface area contributed by atoms with Crippen molar-refractivity contribution in [2.45, 2.75) is 20.8 Å². The van der Waals surface area contributed by atoms with Gasteiger partial charge in [0.2, 0.25) is 5.88 Å². The Morgan fingerprint density at radius 2 is 1.73 bits per heavy atom. The highest BCUT2D eigenvalue weighted by Gasteiger charge is 2.17. The molecule has 0 fully saturated rings. The van der Waals surface area contributed by atoms with Crippen LogP contribution in [0.25, 0.3) is 16.6 Å². The predicted molar refractivity (Wildman–Crippen MR) is 96.9 cm³/mol. The van der Waals surface area contributed by atoms with Gasteiger partial charge in [-0.1, -0.05) is 6.07 Å². The summed E-state index contributed by atoms with van der Waals surface area (Å²) in [6.45, 7) is 5.51. The van der Waals surface area contributed by atoms with Crippen molar-refractivity contribution < 1.29 is 9.13 Å². The molecule has 0 radical (unpaired) electrons. The lowest BCUT2D eigenvalue weighted by Gasteiger charge is -2.14. The summed E-state index contributed by atoms with van der Waals surface area (Å²) >= 11 is 0. The number of aryl methyl sites for hydroxylation is 2. The van der Waals surface area contributed by atoms with Crippen LogP contribution in [-0.2, 0) is 0 Å². The van der Waals surface area contributed by atoms with Gasteiger partial charge < -0.3 is 9.14 Å². The molecular weight excluding hydrogens is 331 g/mol. The largest absolute Gasteiger partial charge is 0.434 e. The SMILES string of the molecule is Cc1ncnc(C)c1-c1ccc(Oc2nccn3cccc23)c(F)c1C. The standard InChI is InChI=1S/C20H17FN4O/c1-12-15(18-13(2)23-11-24-14(18)3)6-7-17(19(12)21)26-20-16-5-4-9-25(16)10-8-22-20/h4-11H,1-3H3. The molecule has 0 atom stereocenters. The molecule has 0 saturated heterocycles. The Kier molecular flexibility index (Phi) is 3.88. The van der Waals surface area contributed by atoms with Crippen molar-refractivity contribution in [2.75, 3.05) is 0 Å². The first-order chi connectivity index (χ1) is 12.6. The first-order valence-corrected chi connectivity index (χ1v) is 8.23. The van der Waals surface area contributed by atoms with Crippen molar-refractivity contribution in [3.63, 3.8) is 0 Å². The Hall–Kier alpha value is -3.28. The van der Waals surface area contributed by atoms with Gasteiger partial charge >= 0.3 is 0 Å². The first kappa shape index (κ1) is 16.2. The number of hydrogen-bond donors (Lipinski definition) is 0. The van der Waals surface area contributed by atoms with Gasteiger partial charge in [0.1, 0.15) is 11.8 Å². The molecule has 0 N–H and O–H groups in total. The lowest BCUT2D eigenvalue weighted by atomic mass is 9.97. The van der Waals surface area contributed by atoms with Gasteiger partial charge in [-0.05, 0) is 50.1 Å². The number of rotatable bonds is 3. The Morgan fingerprint density at radius 1 is 0.962 bits per heavy atom. The Labute approximate surface area is 150 Å². The first-order valence-electron chi connectivity index (χ1n) is 8.23. The molecular formula is C20H17FN4O. The van der Waals surface area contributed by atoms with Crippen molar-refractivity contribution in [3.05, 3.63) is 72.0 Å². The zero-order valence-corrected chi connectivity index (χ0v) is 14.7. The zero-order valence-electron chi connectivity index (χ0n) is 14.7. The second-order valence-electron chi connectivity index (χ2n) is 6.10. The van der Waals surface area contributed by atoms with E-state index in [1.807, 2.05) is 48.8 Å². The highest BCUT2D eigenvalue weighted by molar-refractivity contribution is 5.72. The number of halogens is 1. The fourth-order valence-corrected chi connectivity index (χ4v) is 3.12. The average Bonchev–Trinajstić information content (AvgIpc) is 3.10. The van der Waals surface area contributed by atoms with Gasteiger partial charge in [0.15, 0.2) is 11.6 Å². The summed E-state index contributed by atoms with van der Waals surface area (Å²) in [6.07, 6.45) is 6.83. The van der Waals surface area contributed by atoms with E-state index in [4.69, 9.17) is 4.74 Å². The van der Waals surface area contributed by atoms with E-state index in [0.29, 0.717) is 11.4 Å². The molecule has 0 aliphatic carbocycles. The third kappa shape index (κ3) is 2.60. The predicted octanol–water partition coefficient (Wildman–Crippen LogP) is 4.65. The van der Waals surface area contributed by atoms with Crippen molar-refractivity contribution in [1.29, 1.82) is 0 Å². The number of benzene rings is 1. The van der Waals surface area contributed by atoms with E-state index >= 15 is 4.39 Å². The van der Waals surface area contributed by atoms with Crippen LogP contribution in [0.3, 0.4) is 0 Å². The summed E-state index contributed by atoms with van der Waals surface area (Å²) in [5.74, 6) is 0.0830. The average molecular weight is 348 g/mol. The summed E-state index contributed by atoms with van der Waals surface area (Å²) in [4.78, 5) is 12.7. The molecule has 0 aliphatic heterocycles. The molecule has 3 heterocycles. The monoisotopic (exact) mass is 348 g/mol. The van der Waals surface area contributed by atoms with E-state index in [1.54, 1.807) is 19.2 Å². The maximum atomic E-state index is 15.0. The Morgan fingerprint density at radius 3 is 2.50 bits per heavy atom. The minimum atomic E-state index is -0.416. The van der Waals surface area contributed by atoms with Gasteiger partial charge in [-0.2, -0.15) is 0 Å². The molecule has 6 heteroatoms. The summed E-state index contributed by atoms with van der Waals surface area (Å²) in [5.41, 5.74) is 4.51. The van der Waals surface area contributed by atoms with Crippen LogP contribution in [0, 0.1) is 26.6 Å². The van der Waals surface area contributed by atoms with E-state index in [2.05, 4.69) is 15.0 Å². The minimum Gasteiger partial charge on any atom is -0.434 e. The summed E-state index contributed by atoms with van der Waals surface area (Å²) < 4.78 is 22.7. The number of aromatic nitrogens is 4. The Bertz CT molecular complexity index is 1100. The molecule has 0 bridgehead atoms. The van der Waals surface area contributed by atoms with Gasteiger partial charge in [0.05, 0.1) is 0 Å². The lowest BCUT2D eigenvalue weighted by Crippen LogP contribution is -2.00. The molecule has 0 aliphatic rings. The quantitative estimate of drug-likeness (QED) is 0.541. The highest BCUT2D eigenvalue weighted by atomic mass is 19.1. The fraction of sp³-hybridized carbons (Fsp3) is 0.150. The third-order valence-electron chi connectivity index (χ3n) is 4.47. The van der Waals surface area contributed by atoms with Crippen molar-refractivity contribution in [3.8, 4) is 22.8 Å². The van der Waals surface area contributed by atoms with Crippen LogP contribution in [0.4, 0.5) is 4.39 Å². The van der Waals surface area contributed by atoms with Gasteiger partial charge in [-0.25, -0.2) is 19.3 Å². The fourth-order valence-electron chi connectivity index (χ4n) is 3.12. The molecule has 0 unspecified atom stereocenters. The van der Waals surface area contributed by atoms with Crippen LogP contribution in [0.15, 0.2) is 49.2 Å². The van der Waals surface area contributed by atoms with Crippen molar-refractivity contribution in [2.24, 2.45) is 0 Å². The minimum absolute atomic E-state index is 0.139. The molecule has 0 spiro atoms. The molecule has 130 valence electrons. The number of nitrogens with zero attached hydrogens (tertiary/aromatic N) is 4. The van der Waals surface area contributed by atoms with E-state index in [0.717, 1.165) is 28.0 Å². The third-order valence-corrected chi connectivity index (χ3v) is 4.47. The summed E-state index contributed by atoms with van der Waals surface area (Å²) in [5, 5.41) is 0. The van der Waals surface area contributed by atoms with Crippen LogP contribution in [-0.4, -0.2) is 19.4 Å². The number of ether oxygens (including phenoxy) is 1. The molecule has 26 heavy (non-hydrogen) atoms. The van der Waals surface area contributed by atoms with E-state index in [-0.39, 0.29) is 5.75 Å². The molecule has 5 nitrogen and oxygen atoms in total. The molecule has 1 aromatic carbocycles. The smallest absolute Gasteiger partial charge is 0.243 e. The van der Waals surface area contributed by atoms with Crippen molar-refractivity contribution >= 4 is 5.52 Å². The highest BCUT2D eigenvalue weighted by Crippen LogP contribution is 2.35. The van der Waals surface area contributed by atoms with Crippen LogP contribution in [0.1, 0.15) is 17.0 Å². The van der Waals surface area contributed by atoms with Gasteiger partial charge in [0.25, 0.3) is 0 Å². The van der Waals surface area contributed by atoms with Gasteiger partial charge in [0, 0.05) is 35.5 Å². The maximum Gasteiger partial charge on any atom is 0.243 e. The van der Waals surface area contributed by atoms with Gasteiger partial charge in [-0.3, -0.25) is 0 Å². The van der Waals surface area contributed by atoms with Crippen LogP contribution in [0.2, 0.25) is 0 Å². The second kappa shape index (κ2) is 6.22. The molecule has 4 aromatic rings. The van der Waals surface area contributed by atoms with Crippen molar-refractivity contribution in [1.82, 2.24) is 19.4 Å². The van der Waals surface area contributed by atoms with E-state index in [1.165, 1.54) is 6.33 Å². The van der Waals surface area contributed by atoms with E-state index < -0.39 is 5.82 Å². The summed E-state index contributed by atoms with van der Waals surface area (Å²) in [7, 11) is 0. The second-order valence-corrected chi connectivity index (χ2v) is 6.10. The maximum absolute atomic E-state index is 15.0. The number of fused-ring (bicyclic) bond motifs is 1. The Balaban J connectivity index is 1.79. The van der Waals surface area contributed by atoms with Crippen LogP contribution < -0.4 is 4.74 Å². The van der Waals surface area contributed by atoms with Crippen LogP contribution in [0.5, 0.6) is 11.6 Å². The molecule has 0 amide bonds.